The third kappa shape index (κ3) is 3.88. The third-order valence-corrected chi connectivity index (χ3v) is 6.21. The van der Waals surface area contributed by atoms with Gasteiger partial charge in [-0.1, -0.05) is 42.5 Å². The highest BCUT2D eigenvalue weighted by Gasteiger charge is 2.33. The average molecular weight is 480 g/mol. The minimum Gasteiger partial charge on any atom is -0.426 e. The summed E-state index contributed by atoms with van der Waals surface area (Å²) >= 11 is 0. The van der Waals surface area contributed by atoms with E-state index in [2.05, 4.69) is 25.3 Å². The number of fused-ring (bicyclic) bond motifs is 2. The first kappa shape index (κ1) is 21.7. The van der Waals surface area contributed by atoms with E-state index in [1.165, 1.54) is 6.33 Å². The van der Waals surface area contributed by atoms with Gasteiger partial charge < -0.3 is 15.0 Å². The van der Waals surface area contributed by atoms with Gasteiger partial charge in [-0.05, 0) is 30.2 Å². The molecule has 0 saturated carbocycles. The average Bonchev–Trinajstić information content (AvgIpc) is 3.49. The number of carbonyl (C=O) groups excluding carboxylic acids is 2. The van der Waals surface area contributed by atoms with Crippen LogP contribution in [-0.2, 0) is 16.0 Å². The third-order valence-electron chi connectivity index (χ3n) is 6.21. The molecular weight excluding hydrogens is 458 g/mol. The second-order valence-corrected chi connectivity index (χ2v) is 8.57. The maximum atomic E-state index is 12.7. The van der Waals surface area contributed by atoms with Crippen molar-refractivity contribution in [2.24, 2.45) is 0 Å². The molecule has 0 saturated heterocycles. The number of rotatable bonds is 5. The van der Waals surface area contributed by atoms with E-state index in [4.69, 9.17) is 9.84 Å². The number of esters is 1. The largest absolute Gasteiger partial charge is 0.426 e. The van der Waals surface area contributed by atoms with Crippen molar-refractivity contribution in [3.05, 3.63) is 89.6 Å². The Morgan fingerprint density at radius 3 is 2.69 bits per heavy atom. The summed E-state index contributed by atoms with van der Waals surface area (Å²) in [6.07, 6.45) is 3.43. The monoisotopic (exact) mass is 479 g/mol. The second-order valence-electron chi connectivity index (χ2n) is 8.57. The van der Waals surface area contributed by atoms with E-state index < -0.39 is 0 Å². The van der Waals surface area contributed by atoms with Gasteiger partial charge >= 0.3 is 5.97 Å². The Balaban J connectivity index is 1.29. The van der Waals surface area contributed by atoms with E-state index in [-0.39, 0.29) is 30.6 Å². The Kier molecular flexibility index (Phi) is 5.25. The van der Waals surface area contributed by atoms with E-state index >= 15 is 0 Å². The maximum Gasteiger partial charge on any atom is 0.315 e. The van der Waals surface area contributed by atoms with E-state index in [0.717, 1.165) is 22.4 Å². The zero-order valence-electron chi connectivity index (χ0n) is 19.3. The van der Waals surface area contributed by atoms with E-state index in [9.17, 15) is 9.59 Å². The second kappa shape index (κ2) is 8.73. The molecule has 0 fully saturated rings. The van der Waals surface area contributed by atoms with Crippen molar-refractivity contribution in [2.45, 2.75) is 25.7 Å². The lowest BCUT2D eigenvalue weighted by Gasteiger charge is -2.24. The number of ether oxygens (including phenoxy) is 1. The molecule has 178 valence electrons. The van der Waals surface area contributed by atoms with Gasteiger partial charge in [0.05, 0.1) is 18.4 Å². The van der Waals surface area contributed by atoms with Gasteiger partial charge in [0.15, 0.2) is 11.5 Å². The van der Waals surface area contributed by atoms with Gasteiger partial charge in [0.1, 0.15) is 23.4 Å². The number of aromatic amines is 1. The smallest absolute Gasteiger partial charge is 0.315 e. The number of amides is 1. The minimum atomic E-state index is -0.333. The lowest BCUT2D eigenvalue weighted by Crippen LogP contribution is -2.25. The highest BCUT2D eigenvalue weighted by atomic mass is 16.5. The lowest BCUT2D eigenvalue weighted by atomic mass is 9.86. The van der Waals surface area contributed by atoms with Crippen LogP contribution in [0, 0.1) is 6.92 Å². The number of hydrogen-bond acceptors (Lipinski definition) is 7. The molecule has 1 aliphatic rings. The fourth-order valence-corrected chi connectivity index (χ4v) is 4.60. The van der Waals surface area contributed by atoms with Gasteiger partial charge in [-0.25, -0.2) is 15.0 Å². The number of aromatic nitrogens is 6. The standard InChI is InChI=1S/C26H21N7O3/c1-15-22-19(17-7-9-18(10-8-17)36-21(35)11-16-5-3-2-4-6-16)12-20(34)31-25(22)33(32-15)26-23-24(28-13-27-23)29-14-30-26/h2-10,13-14,19H,11-12H2,1H3,(H,31,34)(H,27,28,29,30)/t19-/m0/s1. The predicted octanol–water partition coefficient (Wildman–Crippen LogP) is 3.47. The number of nitrogens with one attached hydrogen (secondary N) is 2. The summed E-state index contributed by atoms with van der Waals surface area (Å²) in [6.45, 7) is 1.91. The normalized spacial score (nSPS) is 14.9. The number of imidazole rings is 1. The molecule has 1 atom stereocenters. The first-order chi connectivity index (χ1) is 17.6. The Bertz CT molecular complexity index is 1590. The molecule has 0 radical (unpaired) electrons. The molecule has 0 bridgehead atoms. The summed E-state index contributed by atoms with van der Waals surface area (Å²) in [5.74, 6) is 0.860. The van der Waals surface area contributed by atoms with Crippen LogP contribution < -0.4 is 10.1 Å². The molecule has 36 heavy (non-hydrogen) atoms. The van der Waals surface area contributed by atoms with Crippen molar-refractivity contribution >= 4 is 28.9 Å². The van der Waals surface area contributed by atoms with Crippen molar-refractivity contribution in [2.75, 3.05) is 5.32 Å². The first-order valence-electron chi connectivity index (χ1n) is 11.4. The summed E-state index contributed by atoms with van der Waals surface area (Å²) in [7, 11) is 0. The molecule has 10 nitrogen and oxygen atoms in total. The van der Waals surface area contributed by atoms with Gasteiger partial charge in [-0.3, -0.25) is 9.59 Å². The van der Waals surface area contributed by atoms with Crippen molar-refractivity contribution in [3.63, 3.8) is 0 Å². The van der Waals surface area contributed by atoms with Gasteiger partial charge in [0.2, 0.25) is 5.91 Å². The van der Waals surface area contributed by atoms with Crippen LogP contribution in [0.25, 0.3) is 17.0 Å². The van der Waals surface area contributed by atoms with Gasteiger partial charge in [0, 0.05) is 17.9 Å². The number of nitrogens with zero attached hydrogens (tertiary/aromatic N) is 5. The van der Waals surface area contributed by atoms with Crippen LogP contribution in [0.5, 0.6) is 5.75 Å². The van der Waals surface area contributed by atoms with Gasteiger partial charge in [0.25, 0.3) is 0 Å². The molecule has 10 heteroatoms. The Morgan fingerprint density at radius 2 is 1.89 bits per heavy atom. The minimum absolute atomic E-state index is 0.123. The Morgan fingerprint density at radius 1 is 1.08 bits per heavy atom. The fraction of sp³-hybridized carbons (Fsp3) is 0.154. The topological polar surface area (TPSA) is 128 Å². The van der Waals surface area contributed by atoms with Crippen LogP contribution in [0.2, 0.25) is 0 Å². The Hall–Kier alpha value is -4.86. The van der Waals surface area contributed by atoms with E-state index in [0.29, 0.717) is 28.5 Å². The molecule has 3 aromatic heterocycles. The van der Waals surface area contributed by atoms with Crippen LogP contribution in [0.1, 0.15) is 34.7 Å². The fourth-order valence-electron chi connectivity index (χ4n) is 4.60. The van der Waals surface area contributed by atoms with Crippen LogP contribution in [0.15, 0.2) is 67.3 Å². The zero-order chi connectivity index (χ0) is 24.6. The number of benzene rings is 2. The molecule has 6 rings (SSSR count). The van der Waals surface area contributed by atoms with Crippen LogP contribution in [-0.4, -0.2) is 41.6 Å². The lowest BCUT2D eigenvalue weighted by molar-refractivity contribution is -0.133. The van der Waals surface area contributed by atoms with Crippen molar-refractivity contribution in [1.29, 1.82) is 0 Å². The van der Waals surface area contributed by atoms with Crippen molar-refractivity contribution in [1.82, 2.24) is 29.7 Å². The first-order valence-corrected chi connectivity index (χ1v) is 11.4. The van der Waals surface area contributed by atoms with E-state index in [1.54, 1.807) is 23.1 Å². The highest BCUT2D eigenvalue weighted by Crippen LogP contribution is 2.40. The van der Waals surface area contributed by atoms with Crippen molar-refractivity contribution in [3.8, 4) is 11.6 Å². The number of hydrogen-bond donors (Lipinski definition) is 2. The van der Waals surface area contributed by atoms with Crippen LogP contribution >= 0.6 is 0 Å². The molecular formula is C26H21N7O3. The number of aryl methyl sites for hydroxylation is 1. The number of carbonyl (C=O) groups is 2. The molecule has 0 unspecified atom stereocenters. The molecule has 0 spiro atoms. The summed E-state index contributed by atoms with van der Waals surface area (Å²) < 4.78 is 7.13. The highest BCUT2D eigenvalue weighted by molar-refractivity contribution is 5.95. The van der Waals surface area contributed by atoms with E-state index in [1.807, 2.05) is 49.4 Å². The molecule has 2 aromatic carbocycles. The zero-order valence-corrected chi connectivity index (χ0v) is 19.3. The SMILES string of the molecule is Cc1nn(-c2ncnc3nc[nH]c23)c2c1[C@H](c1ccc(OC(=O)Cc3ccccc3)cc1)CC(=O)N2. The Labute approximate surface area is 205 Å². The summed E-state index contributed by atoms with van der Waals surface area (Å²) in [4.78, 5) is 40.8. The van der Waals surface area contributed by atoms with Crippen LogP contribution in [0.4, 0.5) is 5.82 Å². The summed E-state index contributed by atoms with van der Waals surface area (Å²) in [5, 5.41) is 7.66. The number of H-pyrrole nitrogens is 1. The predicted molar refractivity (Wildman–Crippen MR) is 131 cm³/mol. The molecule has 5 aromatic rings. The maximum absolute atomic E-state index is 12.7. The molecule has 1 aliphatic heterocycles. The van der Waals surface area contributed by atoms with Gasteiger partial charge in [-0.2, -0.15) is 9.78 Å². The summed E-state index contributed by atoms with van der Waals surface area (Å²) in [6, 6.07) is 16.7. The number of anilines is 1. The molecule has 4 heterocycles. The van der Waals surface area contributed by atoms with Gasteiger partial charge in [-0.15, -0.1) is 0 Å². The molecule has 2 N–H and O–H groups in total. The van der Waals surface area contributed by atoms with Crippen LogP contribution in [0.3, 0.4) is 0 Å². The van der Waals surface area contributed by atoms with Crippen molar-refractivity contribution < 1.29 is 14.3 Å². The quantitative estimate of drug-likeness (QED) is 0.292. The molecule has 0 aliphatic carbocycles. The molecule has 1 amide bonds. The summed E-state index contributed by atoms with van der Waals surface area (Å²) in [5.41, 5.74) is 4.64.